The molecule has 1 heterocycles. The lowest BCUT2D eigenvalue weighted by molar-refractivity contribution is 0.131. The van der Waals surface area contributed by atoms with Crippen LogP contribution in [0.5, 0.6) is 5.75 Å². The summed E-state index contributed by atoms with van der Waals surface area (Å²) in [5.74, 6) is 1.73. The molecule has 0 bridgehead atoms. The predicted octanol–water partition coefficient (Wildman–Crippen LogP) is 7.04. The number of hydrogen-bond acceptors (Lipinski definition) is 3. The van der Waals surface area contributed by atoms with Crippen molar-refractivity contribution < 1.29 is 4.74 Å². The number of imidazole rings is 1. The minimum absolute atomic E-state index is 0.208. The summed E-state index contributed by atoms with van der Waals surface area (Å²) in [7, 11) is 0. The summed E-state index contributed by atoms with van der Waals surface area (Å²) in [5, 5.41) is 1.45. The van der Waals surface area contributed by atoms with Gasteiger partial charge in [0.1, 0.15) is 11.4 Å². The summed E-state index contributed by atoms with van der Waals surface area (Å²) in [4.78, 5) is 4.16. The highest BCUT2D eigenvalue weighted by Gasteiger charge is 2.16. The van der Waals surface area contributed by atoms with E-state index in [1.807, 2.05) is 54.6 Å². The molecule has 0 amide bonds. The third kappa shape index (κ3) is 6.20. The minimum atomic E-state index is -0.208. The van der Waals surface area contributed by atoms with E-state index in [9.17, 15) is 0 Å². The van der Waals surface area contributed by atoms with E-state index in [1.165, 1.54) is 5.56 Å². The average Bonchev–Trinajstić information content (AvgIpc) is 3.14. The second-order valence-electron chi connectivity index (χ2n) is 7.59. The van der Waals surface area contributed by atoms with E-state index in [4.69, 9.17) is 27.9 Å². The first-order chi connectivity index (χ1) is 13.3. The fourth-order valence-corrected chi connectivity index (χ4v) is 4.29. The van der Waals surface area contributed by atoms with Gasteiger partial charge < -0.3 is 9.30 Å². The number of nitrogens with zero attached hydrogens (tertiary/aromatic N) is 2. The van der Waals surface area contributed by atoms with E-state index in [1.54, 1.807) is 6.20 Å². The van der Waals surface area contributed by atoms with Crippen LogP contribution in [0, 0.1) is 0 Å². The van der Waals surface area contributed by atoms with Gasteiger partial charge in [-0.05, 0) is 56.2 Å². The first-order valence-corrected chi connectivity index (χ1v) is 10.9. The fraction of sp³-hybridized carbons (Fsp3) is 0.318. The summed E-state index contributed by atoms with van der Waals surface area (Å²) in [6.07, 6.45) is 5.65. The molecule has 28 heavy (non-hydrogen) atoms. The van der Waals surface area contributed by atoms with Crippen molar-refractivity contribution in [3.8, 4) is 5.75 Å². The standard InChI is InChI=1S/C22H24Cl2N2OS/c1-22(2,3)27-18-7-5-17(6-8-18)21(13-26-11-10-25-15-26)28-14-16-4-9-19(23)20(24)12-16/h4-12,15,21H,13-14H2,1-3H3. The van der Waals surface area contributed by atoms with Crippen molar-refractivity contribution in [2.75, 3.05) is 0 Å². The molecular weight excluding hydrogens is 411 g/mol. The van der Waals surface area contributed by atoms with Crippen LogP contribution in [0.4, 0.5) is 0 Å². The number of aromatic nitrogens is 2. The summed E-state index contributed by atoms with van der Waals surface area (Å²) >= 11 is 14.1. The Morgan fingerprint density at radius 3 is 2.43 bits per heavy atom. The fourth-order valence-electron chi connectivity index (χ4n) is 2.77. The molecule has 2 aromatic carbocycles. The maximum absolute atomic E-state index is 6.16. The largest absolute Gasteiger partial charge is 0.488 e. The van der Waals surface area contributed by atoms with E-state index in [0.717, 1.165) is 23.6 Å². The van der Waals surface area contributed by atoms with Crippen molar-refractivity contribution in [3.05, 3.63) is 82.4 Å². The molecule has 1 aromatic heterocycles. The molecule has 0 aliphatic heterocycles. The number of thioether (sulfide) groups is 1. The van der Waals surface area contributed by atoms with Crippen molar-refractivity contribution in [2.24, 2.45) is 0 Å². The molecule has 1 atom stereocenters. The van der Waals surface area contributed by atoms with Crippen LogP contribution in [-0.4, -0.2) is 15.2 Å². The summed E-state index contributed by atoms with van der Waals surface area (Å²) in [5.41, 5.74) is 2.20. The molecule has 0 radical (unpaired) electrons. The van der Waals surface area contributed by atoms with Gasteiger partial charge in [0, 0.05) is 29.9 Å². The molecule has 0 fully saturated rings. The van der Waals surface area contributed by atoms with Gasteiger partial charge in [-0.2, -0.15) is 0 Å². The minimum Gasteiger partial charge on any atom is -0.488 e. The Labute approximate surface area is 181 Å². The molecule has 1 unspecified atom stereocenters. The second kappa shape index (κ2) is 9.25. The van der Waals surface area contributed by atoms with Gasteiger partial charge in [-0.25, -0.2) is 4.98 Å². The van der Waals surface area contributed by atoms with E-state index in [0.29, 0.717) is 10.0 Å². The van der Waals surface area contributed by atoms with Crippen molar-refractivity contribution in [3.63, 3.8) is 0 Å². The molecule has 0 N–H and O–H groups in total. The highest BCUT2D eigenvalue weighted by Crippen LogP contribution is 2.35. The zero-order chi connectivity index (χ0) is 20.1. The highest BCUT2D eigenvalue weighted by atomic mass is 35.5. The van der Waals surface area contributed by atoms with Crippen LogP contribution in [0.15, 0.2) is 61.2 Å². The van der Waals surface area contributed by atoms with Crippen LogP contribution in [-0.2, 0) is 12.3 Å². The Hall–Kier alpha value is -1.62. The maximum Gasteiger partial charge on any atom is 0.120 e. The van der Waals surface area contributed by atoms with Gasteiger partial charge in [-0.1, -0.05) is 41.4 Å². The lowest BCUT2D eigenvalue weighted by Gasteiger charge is -2.22. The van der Waals surface area contributed by atoms with Gasteiger partial charge in [0.05, 0.1) is 16.4 Å². The third-order valence-corrected chi connectivity index (χ3v) is 6.11. The van der Waals surface area contributed by atoms with Crippen molar-refractivity contribution >= 4 is 35.0 Å². The van der Waals surface area contributed by atoms with Crippen molar-refractivity contribution in [2.45, 2.75) is 43.9 Å². The number of ether oxygens (including phenoxy) is 1. The molecule has 0 saturated heterocycles. The van der Waals surface area contributed by atoms with Gasteiger partial charge >= 0.3 is 0 Å². The second-order valence-corrected chi connectivity index (χ2v) is 9.60. The zero-order valence-corrected chi connectivity index (χ0v) is 18.6. The molecule has 0 aliphatic carbocycles. The molecule has 3 rings (SSSR count). The van der Waals surface area contributed by atoms with E-state index >= 15 is 0 Å². The molecular formula is C22H24Cl2N2OS. The first kappa shape index (κ1) is 21.1. The summed E-state index contributed by atoms with van der Waals surface area (Å²) in [6.45, 7) is 6.99. The van der Waals surface area contributed by atoms with Gasteiger partial charge in [0.2, 0.25) is 0 Å². The topological polar surface area (TPSA) is 27.1 Å². The lowest BCUT2D eigenvalue weighted by Crippen LogP contribution is -2.22. The Morgan fingerprint density at radius 2 is 1.82 bits per heavy atom. The van der Waals surface area contributed by atoms with Gasteiger partial charge in [0.15, 0.2) is 0 Å². The third-order valence-electron chi connectivity index (χ3n) is 4.05. The number of hydrogen-bond donors (Lipinski definition) is 0. The van der Waals surface area contributed by atoms with Crippen LogP contribution in [0.3, 0.4) is 0 Å². The van der Waals surface area contributed by atoms with E-state index in [2.05, 4.69) is 42.5 Å². The van der Waals surface area contributed by atoms with Gasteiger partial charge in [0.25, 0.3) is 0 Å². The number of benzene rings is 2. The Bertz CT molecular complexity index is 890. The Balaban J connectivity index is 1.75. The van der Waals surface area contributed by atoms with Crippen molar-refractivity contribution in [1.29, 1.82) is 0 Å². The van der Waals surface area contributed by atoms with Crippen LogP contribution in [0.1, 0.15) is 37.1 Å². The maximum atomic E-state index is 6.16. The predicted molar refractivity (Wildman–Crippen MR) is 120 cm³/mol. The zero-order valence-electron chi connectivity index (χ0n) is 16.2. The average molecular weight is 435 g/mol. The SMILES string of the molecule is CC(C)(C)Oc1ccc(C(Cn2ccnc2)SCc2ccc(Cl)c(Cl)c2)cc1. The lowest BCUT2D eigenvalue weighted by atomic mass is 10.1. The van der Waals surface area contributed by atoms with Crippen molar-refractivity contribution in [1.82, 2.24) is 9.55 Å². The quantitative estimate of drug-likeness (QED) is 0.398. The van der Waals surface area contributed by atoms with E-state index in [-0.39, 0.29) is 10.9 Å². The van der Waals surface area contributed by atoms with Gasteiger partial charge in [-0.3, -0.25) is 0 Å². The molecule has 0 saturated carbocycles. The monoisotopic (exact) mass is 434 g/mol. The van der Waals surface area contributed by atoms with E-state index < -0.39 is 0 Å². The molecule has 148 valence electrons. The Morgan fingerprint density at radius 1 is 1.07 bits per heavy atom. The number of rotatable bonds is 7. The summed E-state index contributed by atoms with van der Waals surface area (Å²) in [6, 6.07) is 14.2. The first-order valence-electron chi connectivity index (χ1n) is 9.10. The molecule has 0 spiro atoms. The normalized spacial score (nSPS) is 12.8. The molecule has 0 aliphatic rings. The van der Waals surface area contributed by atoms with Crippen LogP contribution in [0.2, 0.25) is 10.0 Å². The smallest absolute Gasteiger partial charge is 0.120 e. The molecule has 3 nitrogen and oxygen atoms in total. The van der Waals surface area contributed by atoms with Crippen LogP contribution < -0.4 is 4.74 Å². The van der Waals surface area contributed by atoms with Gasteiger partial charge in [-0.15, -0.1) is 11.8 Å². The number of halogens is 2. The van der Waals surface area contributed by atoms with Crippen LogP contribution >= 0.6 is 35.0 Å². The highest BCUT2D eigenvalue weighted by molar-refractivity contribution is 7.98. The molecule has 6 heteroatoms. The Kier molecular flexibility index (Phi) is 6.97. The molecule has 3 aromatic rings. The van der Waals surface area contributed by atoms with Crippen LogP contribution in [0.25, 0.3) is 0 Å². The summed E-state index contributed by atoms with van der Waals surface area (Å²) < 4.78 is 8.05.